The smallest absolute Gasteiger partial charge is 0.280 e. The van der Waals surface area contributed by atoms with Crippen molar-refractivity contribution >= 4 is 78.7 Å². The lowest BCUT2D eigenvalue weighted by molar-refractivity contribution is -0.538. The van der Waals surface area contributed by atoms with E-state index < -0.39 is 0 Å². The van der Waals surface area contributed by atoms with Gasteiger partial charge in [-0.2, -0.15) is 0 Å². The summed E-state index contributed by atoms with van der Waals surface area (Å²) in [6, 6.07) is 37.2. The van der Waals surface area contributed by atoms with Gasteiger partial charge in [0.05, 0.1) is 0 Å². The molecule has 0 atom stereocenters. The van der Waals surface area contributed by atoms with Crippen molar-refractivity contribution in [1.29, 1.82) is 0 Å². The fraction of sp³-hybridized carbons (Fsp3) is 0.196. The molecule has 0 radical (unpaired) electrons. The average Bonchev–Trinajstić information content (AvgIpc) is 3.78. The quantitative estimate of drug-likeness (QED) is 0.0635. The van der Waals surface area contributed by atoms with E-state index in [2.05, 4.69) is 87.1 Å². The largest absolute Gasteiger partial charge is 1.00 e. The molecule has 9 aromatic rings. The van der Waals surface area contributed by atoms with E-state index in [1.165, 1.54) is 22.5 Å². The van der Waals surface area contributed by atoms with Gasteiger partial charge in [0, 0.05) is 78.4 Å². The van der Waals surface area contributed by atoms with Crippen LogP contribution >= 0.6 is 11.3 Å². The molecule has 3 heterocycles. The van der Waals surface area contributed by atoms with Crippen molar-refractivity contribution in [2.75, 3.05) is 24.6 Å². The van der Waals surface area contributed by atoms with Crippen LogP contribution in [0.5, 0.6) is 0 Å². The number of thiazole rings is 1. The first-order valence-electron chi connectivity index (χ1n) is 21.3. The van der Waals surface area contributed by atoms with Crippen LogP contribution in [0.3, 0.4) is 0 Å². The van der Waals surface area contributed by atoms with E-state index in [4.69, 9.17) is 21.4 Å². The summed E-state index contributed by atoms with van der Waals surface area (Å²) in [5.41, 5.74) is 30.5. The number of carbonyl (C=O) groups is 2. The SMILES string of the molecule is Cc1cc2nc3cc(C)c(CCCNC(=O)c4csc(C(=O)NCCCc5cc6c(cc5C)nc5cc(C)c(N)cc5[n+]6-c5ccccc5)n4)cc3[n+](-c3ccccc3)c2cc1N.[Cl-].[Cl-]. The number of aromatic nitrogens is 5. The molecule has 6 aromatic carbocycles. The van der Waals surface area contributed by atoms with Gasteiger partial charge in [-0.3, -0.25) is 9.59 Å². The van der Waals surface area contributed by atoms with Gasteiger partial charge in [0.1, 0.15) is 27.8 Å². The van der Waals surface area contributed by atoms with Crippen LogP contribution in [0.2, 0.25) is 0 Å². The molecule has 0 saturated heterocycles. The summed E-state index contributed by atoms with van der Waals surface area (Å²) in [5.74, 6) is -0.593. The molecule has 9 rings (SSSR count). The Labute approximate surface area is 393 Å². The monoisotopic (exact) mass is 921 g/mol. The summed E-state index contributed by atoms with van der Waals surface area (Å²) in [6.07, 6.45) is 2.95. The maximum absolute atomic E-state index is 13.1. The van der Waals surface area contributed by atoms with Gasteiger partial charge >= 0.3 is 0 Å². The molecule has 0 unspecified atom stereocenters. The molecule has 3 aromatic heterocycles. The highest BCUT2D eigenvalue weighted by Gasteiger charge is 2.24. The van der Waals surface area contributed by atoms with Crippen LogP contribution in [-0.4, -0.2) is 39.9 Å². The molecule has 330 valence electrons. The van der Waals surface area contributed by atoms with Crippen LogP contribution in [-0.2, 0) is 12.8 Å². The number of anilines is 2. The number of fused-ring (bicyclic) bond motifs is 4. The molecule has 6 N–H and O–H groups in total. The number of nitrogens with one attached hydrogen (secondary N) is 2. The van der Waals surface area contributed by atoms with E-state index in [0.717, 1.165) is 115 Å². The Morgan fingerprint density at radius 1 is 0.538 bits per heavy atom. The van der Waals surface area contributed by atoms with Crippen molar-refractivity contribution in [3.05, 3.63) is 159 Å². The Kier molecular flexibility index (Phi) is 13.9. The Bertz CT molecular complexity index is 3040. The minimum Gasteiger partial charge on any atom is -1.00 e. The number of nitrogen functional groups attached to an aromatic ring is 2. The van der Waals surface area contributed by atoms with Crippen LogP contribution in [0.1, 0.15) is 66.5 Å². The molecule has 11 nitrogen and oxygen atoms in total. The van der Waals surface area contributed by atoms with Crippen LogP contribution in [0, 0.1) is 27.7 Å². The van der Waals surface area contributed by atoms with Gasteiger partial charge in [-0.05, 0) is 111 Å². The number of hydrogen-bond donors (Lipinski definition) is 4. The Morgan fingerprint density at radius 2 is 0.938 bits per heavy atom. The number of para-hydroxylation sites is 2. The normalized spacial score (nSPS) is 11.1. The van der Waals surface area contributed by atoms with E-state index in [0.29, 0.717) is 13.1 Å². The number of benzene rings is 6. The zero-order valence-electron chi connectivity index (χ0n) is 36.6. The van der Waals surface area contributed by atoms with Crippen LogP contribution < -0.4 is 56.0 Å². The molecule has 0 aliphatic rings. The molecule has 0 fully saturated rings. The highest BCUT2D eigenvalue weighted by Crippen LogP contribution is 2.27. The van der Waals surface area contributed by atoms with Gasteiger partial charge < -0.3 is 46.9 Å². The molecule has 2 amide bonds. The maximum Gasteiger partial charge on any atom is 0.280 e. The van der Waals surface area contributed by atoms with E-state index in [9.17, 15) is 9.59 Å². The average molecular weight is 923 g/mol. The first-order valence-corrected chi connectivity index (χ1v) is 22.1. The number of hydrogen-bond acceptors (Lipinski definition) is 8. The molecule has 0 aliphatic carbocycles. The third-order valence-corrected chi connectivity index (χ3v) is 12.7. The third kappa shape index (κ3) is 9.42. The summed E-state index contributed by atoms with van der Waals surface area (Å²) in [6.45, 7) is 9.12. The molecule has 0 aliphatic heterocycles. The third-order valence-electron chi connectivity index (χ3n) is 11.8. The first kappa shape index (κ1) is 46.3. The number of halogens is 2. The fourth-order valence-corrected chi connectivity index (χ4v) is 9.01. The van der Waals surface area contributed by atoms with Crippen molar-refractivity contribution in [3.8, 4) is 11.4 Å². The number of amides is 2. The second-order valence-electron chi connectivity index (χ2n) is 16.3. The lowest BCUT2D eigenvalue weighted by Gasteiger charge is -2.11. The Balaban J connectivity index is 0.00000315. The van der Waals surface area contributed by atoms with Crippen molar-refractivity contribution in [3.63, 3.8) is 0 Å². The highest BCUT2D eigenvalue weighted by atomic mass is 35.5. The molecule has 0 spiro atoms. The summed E-state index contributed by atoms with van der Waals surface area (Å²) in [4.78, 5) is 40.7. The van der Waals surface area contributed by atoms with E-state index in [1.807, 2.05) is 74.5 Å². The zero-order chi connectivity index (χ0) is 43.8. The lowest BCUT2D eigenvalue weighted by atomic mass is 10.0. The van der Waals surface area contributed by atoms with Crippen LogP contribution in [0.25, 0.3) is 55.5 Å². The molecular weight excluding hydrogens is 874 g/mol. The molecule has 65 heavy (non-hydrogen) atoms. The number of nitrogens with two attached hydrogens (primary N) is 2. The van der Waals surface area contributed by atoms with Gasteiger partial charge in [0.15, 0.2) is 5.01 Å². The van der Waals surface area contributed by atoms with E-state index >= 15 is 0 Å². The van der Waals surface area contributed by atoms with Gasteiger partial charge in [0.25, 0.3) is 11.8 Å². The predicted molar refractivity (Wildman–Crippen MR) is 253 cm³/mol. The van der Waals surface area contributed by atoms with Crippen molar-refractivity contribution < 1.29 is 43.5 Å². The first-order chi connectivity index (χ1) is 30.5. The second-order valence-corrected chi connectivity index (χ2v) is 17.1. The van der Waals surface area contributed by atoms with E-state index in [-0.39, 0.29) is 47.3 Å². The topological polar surface area (TPSA) is 157 Å². The second kappa shape index (κ2) is 19.6. The summed E-state index contributed by atoms with van der Waals surface area (Å²) >= 11 is 1.17. The van der Waals surface area contributed by atoms with Crippen LogP contribution in [0.15, 0.2) is 115 Å². The molecular formula is C51H49Cl2N9O2S. The van der Waals surface area contributed by atoms with Crippen molar-refractivity contribution in [1.82, 2.24) is 25.6 Å². The minimum atomic E-state index is -0.300. The van der Waals surface area contributed by atoms with Crippen LogP contribution in [0.4, 0.5) is 11.4 Å². The van der Waals surface area contributed by atoms with Crippen molar-refractivity contribution in [2.45, 2.75) is 53.4 Å². The lowest BCUT2D eigenvalue weighted by Crippen LogP contribution is -3.00. The number of aryl methyl sites for hydroxylation is 6. The highest BCUT2D eigenvalue weighted by molar-refractivity contribution is 7.11. The minimum absolute atomic E-state index is 0. The molecule has 0 bridgehead atoms. The Hall–Kier alpha value is -6.73. The van der Waals surface area contributed by atoms with Crippen molar-refractivity contribution in [2.24, 2.45) is 0 Å². The Morgan fingerprint density at radius 3 is 1.38 bits per heavy atom. The molecule has 0 saturated carbocycles. The number of nitrogens with zero attached hydrogens (tertiary/aromatic N) is 5. The predicted octanol–water partition coefficient (Wildman–Crippen LogP) is 2.23. The van der Waals surface area contributed by atoms with Gasteiger partial charge in [-0.25, -0.2) is 15.0 Å². The standard InChI is InChI=1S/C51H47N9O2S.2ClH/c1-30-21-40-45(59(36-15-7-5-8-16-36)47-27-38(52)32(3)23-42(47)56-40)25-34(30)13-11-19-54-49(61)44-29-63-51(58-44)50(62)55-20-12-14-35-26-46-41(22-31(35)2)57-43-24-33(4)39(53)28-48(43)60(46)37-17-9-6-10-18-37;;/h5-10,15-18,21-29,52-53H,11-14,19-20H2,1-4H3,(H2,54,55,61,62);2*1H. The van der Waals surface area contributed by atoms with E-state index in [1.54, 1.807) is 5.38 Å². The summed E-state index contributed by atoms with van der Waals surface area (Å²) < 4.78 is 4.44. The number of carbonyl (C=O) groups excluding carboxylic acids is 2. The fourth-order valence-electron chi connectivity index (χ4n) is 8.30. The summed E-state index contributed by atoms with van der Waals surface area (Å²) in [7, 11) is 0. The van der Waals surface area contributed by atoms with Gasteiger partial charge in [0.2, 0.25) is 33.4 Å². The maximum atomic E-state index is 13.1. The molecule has 14 heteroatoms. The summed E-state index contributed by atoms with van der Waals surface area (Å²) in [5, 5.41) is 7.90. The van der Waals surface area contributed by atoms with Gasteiger partial charge in [-0.15, -0.1) is 20.5 Å². The zero-order valence-corrected chi connectivity index (χ0v) is 38.9. The number of rotatable bonds is 12. The van der Waals surface area contributed by atoms with Gasteiger partial charge in [-0.1, -0.05) is 36.4 Å².